The SMILES string of the molecule is CC(C)(C)NC(=O)CN1C[C@@H]2C[C@H]1CN2CC(=O)NC1CCCC(OC(F)F)C1. The van der Waals surface area contributed by atoms with Crippen LogP contribution in [0.25, 0.3) is 0 Å². The highest BCUT2D eigenvalue weighted by Gasteiger charge is 2.44. The number of ether oxygens (including phenoxy) is 1. The summed E-state index contributed by atoms with van der Waals surface area (Å²) in [5.41, 5.74) is -0.238. The van der Waals surface area contributed by atoms with Gasteiger partial charge in [-0.3, -0.25) is 19.4 Å². The number of carbonyl (C=O) groups excluding carboxylic acids is 2. The minimum absolute atomic E-state index is 0.0345. The fourth-order valence-electron chi connectivity index (χ4n) is 4.86. The third-order valence-electron chi connectivity index (χ3n) is 5.96. The van der Waals surface area contributed by atoms with E-state index in [1.807, 2.05) is 20.8 Å². The van der Waals surface area contributed by atoms with Crippen molar-refractivity contribution in [2.24, 2.45) is 0 Å². The number of alkyl halides is 2. The lowest BCUT2D eigenvalue weighted by molar-refractivity contribution is -0.171. The van der Waals surface area contributed by atoms with E-state index in [-0.39, 0.29) is 29.4 Å². The Morgan fingerprint density at radius 3 is 2.21 bits per heavy atom. The lowest BCUT2D eigenvalue weighted by Crippen LogP contribution is -2.53. The van der Waals surface area contributed by atoms with Crippen LogP contribution in [0.5, 0.6) is 0 Å². The molecule has 2 aliphatic heterocycles. The summed E-state index contributed by atoms with van der Waals surface area (Å²) < 4.78 is 29.4. The maximum atomic E-state index is 12.5. The number of rotatable bonds is 7. The zero-order chi connectivity index (χ0) is 21.2. The summed E-state index contributed by atoms with van der Waals surface area (Å²) in [5, 5.41) is 5.99. The molecule has 2 N–H and O–H groups in total. The van der Waals surface area contributed by atoms with Crippen molar-refractivity contribution in [1.29, 1.82) is 0 Å². The second-order valence-corrected chi connectivity index (χ2v) is 9.65. The molecule has 0 spiro atoms. The summed E-state index contributed by atoms with van der Waals surface area (Å²) in [4.78, 5) is 29.0. The number of likely N-dealkylation sites (tertiary alicyclic amines) is 2. The fourth-order valence-corrected chi connectivity index (χ4v) is 4.86. The molecular formula is C20H34F2N4O3. The number of amides is 2. The van der Waals surface area contributed by atoms with Gasteiger partial charge in [0.15, 0.2) is 0 Å². The van der Waals surface area contributed by atoms with E-state index in [4.69, 9.17) is 0 Å². The van der Waals surface area contributed by atoms with Crippen molar-refractivity contribution in [2.45, 2.75) is 89.3 Å². The molecule has 0 aromatic heterocycles. The average molecular weight is 417 g/mol. The van der Waals surface area contributed by atoms with Crippen molar-refractivity contribution < 1.29 is 23.1 Å². The Morgan fingerprint density at radius 1 is 1.03 bits per heavy atom. The van der Waals surface area contributed by atoms with Crippen LogP contribution in [0.2, 0.25) is 0 Å². The number of nitrogens with zero attached hydrogens (tertiary/aromatic N) is 2. The Hall–Kier alpha value is -1.32. The predicted molar refractivity (Wildman–Crippen MR) is 105 cm³/mol. The molecule has 0 aromatic carbocycles. The van der Waals surface area contributed by atoms with Crippen LogP contribution in [0.4, 0.5) is 8.78 Å². The Morgan fingerprint density at radius 2 is 1.66 bits per heavy atom. The van der Waals surface area contributed by atoms with Crippen molar-refractivity contribution in [2.75, 3.05) is 26.2 Å². The zero-order valence-electron chi connectivity index (χ0n) is 17.6. The van der Waals surface area contributed by atoms with Crippen LogP contribution in [0, 0.1) is 0 Å². The van der Waals surface area contributed by atoms with Crippen molar-refractivity contribution in [3.8, 4) is 0 Å². The van der Waals surface area contributed by atoms with Crippen LogP contribution in [0.1, 0.15) is 52.9 Å². The molecule has 3 rings (SSSR count). The van der Waals surface area contributed by atoms with Gasteiger partial charge in [-0.2, -0.15) is 8.78 Å². The summed E-state index contributed by atoms with van der Waals surface area (Å²) in [6, 6.07) is 0.490. The summed E-state index contributed by atoms with van der Waals surface area (Å²) in [6.45, 7) is 5.43. The van der Waals surface area contributed by atoms with E-state index in [0.29, 0.717) is 32.0 Å². The van der Waals surface area contributed by atoms with Crippen LogP contribution in [-0.4, -0.2) is 84.2 Å². The number of hydrogen-bond acceptors (Lipinski definition) is 5. The maximum absolute atomic E-state index is 12.5. The second-order valence-electron chi connectivity index (χ2n) is 9.65. The monoisotopic (exact) mass is 416 g/mol. The fraction of sp³-hybridized carbons (Fsp3) is 0.900. The van der Waals surface area contributed by atoms with Gasteiger partial charge >= 0.3 is 6.61 Å². The van der Waals surface area contributed by atoms with Crippen molar-refractivity contribution in [1.82, 2.24) is 20.4 Å². The van der Waals surface area contributed by atoms with Gasteiger partial charge in [-0.25, -0.2) is 0 Å². The molecular weight excluding hydrogens is 382 g/mol. The van der Waals surface area contributed by atoms with E-state index in [1.165, 1.54) is 0 Å². The molecule has 9 heteroatoms. The van der Waals surface area contributed by atoms with Gasteiger partial charge in [0.1, 0.15) is 0 Å². The third kappa shape index (κ3) is 6.58. The normalized spacial score (nSPS) is 30.7. The second kappa shape index (κ2) is 9.22. The first-order valence-corrected chi connectivity index (χ1v) is 10.6. The zero-order valence-corrected chi connectivity index (χ0v) is 17.6. The number of hydrogen-bond donors (Lipinski definition) is 2. The van der Waals surface area contributed by atoms with E-state index in [0.717, 1.165) is 32.4 Å². The predicted octanol–water partition coefficient (Wildman–Crippen LogP) is 1.33. The van der Waals surface area contributed by atoms with Gasteiger partial charge in [-0.05, 0) is 52.9 Å². The Kier molecular flexibility index (Phi) is 7.11. The van der Waals surface area contributed by atoms with Crippen LogP contribution < -0.4 is 10.6 Å². The van der Waals surface area contributed by atoms with Gasteiger partial charge in [0, 0.05) is 36.8 Å². The molecule has 4 atom stereocenters. The Labute approximate surface area is 171 Å². The van der Waals surface area contributed by atoms with Crippen molar-refractivity contribution in [3.05, 3.63) is 0 Å². The number of piperazine rings is 1. The molecule has 2 saturated heterocycles. The molecule has 7 nitrogen and oxygen atoms in total. The highest BCUT2D eigenvalue weighted by molar-refractivity contribution is 5.79. The lowest BCUT2D eigenvalue weighted by atomic mass is 9.93. The standard InChI is InChI=1S/C20H34F2N4O3/c1-20(2,3)24-18(28)12-26-10-14-8-15(26)9-25(14)11-17(27)23-13-5-4-6-16(7-13)29-19(21)22/h13-16,19H,4-12H2,1-3H3,(H,23,27)(H,24,28)/t13?,14-,15-,16?/m0/s1. The summed E-state index contributed by atoms with van der Waals surface area (Å²) in [6.07, 6.45) is 3.14. The highest BCUT2D eigenvalue weighted by Crippen LogP contribution is 2.30. The number of fused-ring (bicyclic) bond motifs is 2. The molecule has 166 valence electrons. The minimum Gasteiger partial charge on any atom is -0.352 e. The van der Waals surface area contributed by atoms with Gasteiger partial charge in [0.2, 0.25) is 11.8 Å². The molecule has 0 radical (unpaired) electrons. The first-order valence-electron chi connectivity index (χ1n) is 10.6. The summed E-state index contributed by atoms with van der Waals surface area (Å²) in [7, 11) is 0. The van der Waals surface area contributed by atoms with Gasteiger partial charge in [0.25, 0.3) is 0 Å². The van der Waals surface area contributed by atoms with E-state index in [9.17, 15) is 18.4 Å². The minimum atomic E-state index is -2.76. The van der Waals surface area contributed by atoms with Gasteiger partial charge < -0.3 is 15.4 Å². The van der Waals surface area contributed by atoms with Gasteiger partial charge in [0.05, 0.1) is 19.2 Å². The molecule has 3 fully saturated rings. The Balaban J connectivity index is 1.39. The Bertz CT molecular complexity index is 599. The van der Waals surface area contributed by atoms with Gasteiger partial charge in [-0.15, -0.1) is 0 Å². The molecule has 2 heterocycles. The van der Waals surface area contributed by atoms with Crippen molar-refractivity contribution >= 4 is 11.8 Å². The smallest absolute Gasteiger partial charge is 0.345 e. The van der Waals surface area contributed by atoms with E-state index >= 15 is 0 Å². The molecule has 2 bridgehead atoms. The van der Waals surface area contributed by atoms with Gasteiger partial charge in [-0.1, -0.05) is 0 Å². The summed E-state index contributed by atoms with van der Waals surface area (Å²) in [5.74, 6) is -0.0236. The highest BCUT2D eigenvalue weighted by atomic mass is 19.3. The molecule has 29 heavy (non-hydrogen) atoms. The first-order chi connectivity index (χ1) is 13.6. The number of nitrogens with one attached hydrogen (secondary N) is 2. The molecule has 3 aliphatic rings. The molecule has 1 saturated carbocycles. The largest absolute Gasteiger partial charge is 0.352 e. The van der Waals surface area contributed by atoms with E-state index in [2.05, 4.69) is 25.2 Å². The first kappa shape index (κ1) is 22.4. The quantitative estimate of drug-likeness (QED) is 0.655. The van der Waals surface area contributed by atoms with Crippen LogP contribution in [0.3, 0.4) is 0 Å². The molecule has 2 amide bonds. The van der Waals surface area contributed by atoms with Crippen molar-refractivity contribution in [3.63, 3.8) is 0 Å². The molecule has 0 aromatic rings. The average Bonchev–Trinajstić information content (AvgIpc) is 3.12. The van der Waals surface area contributed by atoms with E-state index in [1.54, 1.807) is 0 Å². The molecule has 1 aliphatic carbocycles. The number of halogens is 2. The van der Waals surface area contributed by atoms with Crippen LogP contribution in [0.15, 0.2) is 0 Å². The van der Waals surface area contributed by atoms with Crippen LogP contribution >= 0.6 is 0 Å². The van der Waals surface area contributed by atoms with E-state index < -0.39 is 12.7 Å². The molecule has 2 unspecified atom stereocenters. The summed E-state index contributed by atoms with van der Waals surface area (Å²) >= 11 is 0. The topological polar surface area (TPSA) is 73.9 Å². The lowest BCUT2D eigenvalue weighted by Gasteiger charge is -2.35. The number of carbonyl (C=O) groups is 2. The maximum Gasteiger partial charge on any atom is 0.345 e. The van der Waals surface area contributed by atoms with Crippen LogP contribution in [-0.2, 0) is 14.3 Å². The third-order valence-corrected chi connectivity index (χ3v) is 5.96.